The van der Waals surface area contributed by atoms with Gasteiger partial charge in [0, 0.05) is 11.9 Å². The van der Waals surface area contributed by atoms with Crippen molar-refractivity contribution in [1.82, 2.24) is 14.6 Å². The van der Waals surface area contributed by atoms with Gasteiger partial charge < -0.3 is 10.3 Å². The summed E-state index contributed by atoms with van der Waals surface area (Å²) in [6.45, 7) is 1.35. The van der Waals surface area contributed by atoms with Crippen LogP contribution in [0.5, 0.6) is 0 Å². The Morgan fingerprint density at radius 1 is 1.06 bits per heavy atom. The molecule has 0 atom stereocenters. The standard InChI is InChI=1S/C22H17F3N4O4S/c1-12-16(20(30)27-14-10-6-7-11-15(14)34(2,32)33)21(31)29-19(26-12)17(13-8-4-3-5-9-13)18(28-29)22(23,24)25/h3-11,26H,1-2H3,(H,27,30). The Bertz CT molecular complexity index is 1590. The molecule has 0 fully saturated rings. The summed E-state index contributed by atoms with van der Waals surface area (Å²) in [6, 6.07) is 13.2. The highest BCUT2D eigenvalue weighted by Crippen LogP contribution is 2.38. The van der Waals surface area contributed by atoms with Gasteiger partial charge in [0.25, 0.3) is 11.5 Å². The Balaban J connectivity index is 1.91. The normalized spacial score (nSPS) is 12.1. The fourth-order valence-electron chi connectivity index (χ4n) is 3.61. The van der Waals surface area contributed by atoms with E-state index in [1.165, 1.54) is 43.3 Å². The van der Waals surface area contributed by atoms with Crippen molar-refractivity contribution in [1.29, 1.82) is 0 Å². The van der Waals surface area contributed by atoms with Gasteiger partial charge in [-0.3, -0.25) is 9.59 Å². The van der Waals surface area contributed by atoms with Crippen LogP contribution in [0.1, 0.15) is 21.7 Å². The highest BCUT2D eigenvalue weighted by molar-refractivity contribution is 7.90. The molecule has 1 amide bonds. The number of aromatic amines is 1. The molecule has 2 heterocycles. The summed E-state index contributed by atoms with van der Waals surface area (Å²) in [5.41, 5.74) is -3.35. The molecule has 8 nitrogen and oxygen atoms in total. The first-order valence-electron chi connectivity index (χ1n) is 9.78. The maximum Gasteiger partial charge on any atom is 0.435 e. The fraction of sp³-hybridized carbons (Fsp3) is 0.136. The molecule has 0 saturated heterocycles. The number of carbonyl (C=O) groups excluding carboxylic acids is 1. The van der Waals surface area contributed by atoms with Crippen LogP contribution in [-0.4, -0.2) is 35.2 Å². The van der Waals surface area contributed by atoms with E-state index < -0.39 is 38.7 Å². The number of alkyl halides is 3. The fourth-order valence-corrected chi connectivity index (χ4v) is 4.45. The number of rotatable bonds is 4. The second-order valence-corrected chi connectivity index (χ2v) is 9.48. The zero-order valence-corrected chi connectivity index (χ0v) is 18.6. The molecule has 0 radical (unpaired) electrons. The van der Waals surface area contributed by atoms with Crippen molar-refractivity contribution >= 4 is 27.1 Å². The first-order valence-corrected chi connectivity index (χ1v) is 11.7. The predicted octanol–water partition coefficient (Wildman–Crippen LogP) is 3.67. The summed E-state index contributed by atoms with van der Waals surface area (Å²) in [4.78, 5) is 28.6. The Hall–Kier alpha value is -3.93. The van der Waals surface area contributed by atoms with Crippen molar-refractivity contribution in [3.63, 3.8) is 0 Å². The number of hydrogen-bond acceptors (Lipinski definition) is 5. The number of H-pyrrole nitrogens is 1. The molecule has 4 aromatic rings. The minimum Gasteiger partial charge on any atom is -0.342 e. The van der Waals surface area contributed by atoms with Gasteiger partial charge in [-0.15, -0.1) is 0 Å². The van der Waals surface area contributed by atoms with E-state index in [2.05, 4.69) is 15.4 Å². The third-order valence-corrected chi connectivity index (χ3v) is 6.22. The molecule has 0 aliphatic heterocycles. The summed E-state index contributed by atoms with van der Waals surface area (Å²) in [7, 11) is -3.71. The molecule has 2 aromatic heterocycles. The van der Waals surface area contributed by atoms with E-state index in [4.69, 9.17) is 0 Å². The largest absolute Gasteiger partial charge is 0.435 e. The average molecular weight is 490 g/mol. The molecule has 0 spiro atoms. The molecule has 0 bridgehead atoms. The van der Waals surface area contributed by atoms with Gasteiger partial charge in [-0.2, -0.15) is 22.8 Å². The van der Waals surface area contributed by atoms with Crippen LogP contribution in [-0.2, 0) is 16.0 Å². The highest BCUT2D eigenvalue weighted by atomic mass is 32.2. The van der Waals surface area contributed by atoms with E-state index in [0.717, 1.165) is 6.26 Å². The number of nitrogens with zero attached hydrogens (tertiary/aromatic N) is 2. The van der Waals surface area contributed by atoms with Crippen molar-refractivity contribution in [2.75, 3.05) is 11.6 Å². The zero-order valence-electron chi connectivity index (χ0n) is 17.8. The van der Waals surface area contributed by atoms with Crippen LogP contribution >= 0.6 is 0 Å². The second-order valence-electron chi connectivity index (χ2n) is 7.50. The second kappa shape index (κ2) is 8.13. The molecule has 0 unspecified atom stereocenters. The zero-order chi connectivity index (χ0) is 24.8. The number of aromatic nitrogens is 3. The summed E-state index contributed by atoms with van der Waals surface area (Å²) < 4.78 is 65.9. The number of benzene rings is 2. The number of para-hydroxylation sites is 1. The molecule has 0 aliphatic rings. The minimum atomic E-state index is -4.87. The van der Waals surface area contributed by atoms with Crippen LogP contribution in [0, 0.1) is 6.92 Å². The van der Waals surface area contributed by atoms with Gasteiger partial charge in [-0.25, -0.2) is 8.42 Å². The van der Waals surface area contributed by atoms with Crippen LogP contribution in [0.2, 0.25) is 0 Å². The van der Waals surface area contributed by atoms with E-state index in [1.807, 2.05) is 0 Å². The van der Waals surface area contributed by atoms with E-state index in [0.29, 0.717) is 4.52 Å². The lowest BCUT2D eigenvalue weighted by Crippen LogP contribution is -2.29. The first kappa shape index (κ1) is 23.2. The number of hydrogen-bond donors (Lipinski definition) is 2. The van der Waals surface area contributed by atoms with Crippen molar-refractivity contribution in [3.8, 4) is 11.1 Å². The maximum atomic E-state index is 13.8. The van der Waals surface area contributed by atoms with Crippen LogP contribution in [0.25, 0.3) is 16.8 Å². The lowest BCUT2D eigenvalue weighted by atomic mass is 10.1. The van der Waals surface area contributed by atoms with Crippen LogP contribution in [0.4, 0.5) is 18.9 Å². The number of nitrogens with one attached hydrogen (secondary N) is 2. The number of aryl methyl sites for hydroxylation is 1. The minimum absolute atomic E-state index is 0.0161. The lowest BCUT2D eigenvalue weighted by Gasteiger charge is -2.11. The first-order chi connectivity index (χ1) is 15.9. The third-order valence-electron chi connectivity index (χ3n) is 5.07. The molecule has 4 rings (SSSR count). The summed E-state index contributed by atoms with van der Waals surface area (Å²) in [5, 5.41) is 5.84. The van der Waals surface area contributed by atoms with Gasteiger partial charge in [0.2, 0.25) is 0 Å². The van der Waals surface area contributed by atoms with Gasteiger partial charge in [0.05, 0.1) is 16.1 Å². The molecular weight excluding hydrogens is 473 g/mol. The molecule has 2 aromatic carbocycles. The molecule has 0 saturated carbocycles. The Labute approximate surface area is 191 Å². The molecule has 2 N–H and O–H groups in total. The van der Waals surface area contributed by atoms with Crippen LogP contribution < -0.4 is 10.9 Å². The number of carbonyl (C=O) groups is 1. The monoisotopic (exact) mass is 490 g/mol. The van der Waals surface area contributed by atoms with Crippen LogP contribution in [0.3, 0.4) is 0 Å². The SMILES string of the molecule is Cc1[nH]c2c(-c3ccccc3)c(C(F)(F)F)nn2c(=O)c1C(=O)Nc1ccccc1S(C)(=O)=O. The average Bonchev–Trinajstić information content (AvgIpc) is 3.14. The van der Waals surface area contributed by atoms with E-state index in [-0.39, 0.29) is 33.1 Å². The highest BCUT2D eigenvalue weighted by Gasteiger charge is 2.39. The van der Waals surface area contributed by atoms with E-state index >= 15 is 0 Å². The van der Waals surface area contributed by atoms with Crippen molar-refractivity contribution in [2.45, 2.75) is 18.0 Å². The quantitative estimate of drug-likeness (QED) is 0.453. The van der Waals surface area contributed by atoms with Crippen molar-refractivity contribution in [2.24, 2.45) is 0 Å². The number of halogens is 3. The third kappa shape index (κ3) is 4.07. The van der Waals surface area contributed by atoms with Crippen molar-refractivity contribution < 1.29 is 26.4 Å². The maximum absolute atomic E-state index is 13.8. The molecule has 176 valence electrons. The Kier molecular flexibility index (Phi) is 5.56. The van der Waals surface area contributed by atoms with Crippen LogP contribution in [0.15, 0.2) is 64.3 Å². The molecule has 34 heavy (non-hydrogen) atoms. The van der Waals surface area contributed by atoms with Gasteiger partial charge >= 0.3 is 6.18 Å². The van der Waals surface area contributed by atoms with Crippen molar-refractivity contribution in [3.05, 3.63) is 81.9 Å². The number of amides is 1. The molecule has 0 aliphatic carbocycles. The van der Waals surface area contributed by atoms with E-state index in [1.54, 1.807) is 18.2 Å². The summed E-state index contributed by atoms with van der Waals surface area (Å²) in [5.74, 6) is -0.998. The summed E-state index contributed by atoms with van der Waals surface area (Å²) in [6.07, 6.45) is -3.92. The molecule has 12 heteroatoms. The number of sulfone groups is 1. The predicted molar refractivity (Wildman–Crippen MR) is 118 cm³/mol. The number of fused-ring (bicyclic) bond motifs is 1. The van der Waals surface area contributed by atoms with E-state index in [9.17, 15) is 31.2 Å². The smallest absolute Gasteiger partial charge is 0.342 e. The summed E-state index contributed by atoms with van der Waals surface area (Å²) >= 11 is 0. The molecular formula is C22H17F3N4O4S. The van der Waals surface area contributed by atoms with Gasteiger partial charge in [0.1, 0.15) is 11.2 Å². The topological polar surface area (TPSA) is 113 Å². The number of anilines is 1. The van der Waals surface area contributed by atoms with Gasteiger partial charge in [0.15, 0.2) is 15.5 Å². The van der Waals surface area contributed by atoms with Gasteiger partial charge in [-0.1, -0.05) is 42.5 Å². The Morgan fingerprint density at radius 2 is 1.68 bits per heavy atom. The lowest BCUT2D eigenvalue weighted by molar-refractivity contribution is -0.140. The van der Waals surface area contributed by atoms with Gasteiger partial charge in [-0.05, 0) is 24.6 Å². The Morgan fingerprint density at radius 3 is 2.29 bits per heavy atom.